The zero-order chi connectivity index (χ0) is 18.5. The summed E-state index contributed by atoms with van der Waals surface area (Å²) in [7, 11) is 0. The number of carbonyl (C=O) groups is 1. The Labute approximate surface area is 171 Å². The lowest BCUT2D eigenvalue weighted by molar-refractivity contribution is 0.00148. The van der Waals surface area contributed by atoms with E-state index < -0.39 is 0 Å². The zero-order valence-corrected chi connectivity index (χ0v) is 17.1. The first-order valence-corrected chi connectivity index (χ1v) is 11.1. The zero-order valence-electron chi connectivity index (χ0n) is 15.5. The third kappa shape index (κ3) is 3.12. The lowest BCUT2D eigenvalue weighted by atomic mass is 9.68. The molecule has 5 heteroatoms. The number of fused-ring (bicyclic) bond motifs is 6. The van der Waals surface area contributed by atoms with E-state index in [1.807, 2.05) is 6.07 Å². The van der Waals surface area contributed by atoms with Crippen molar-refractivity contribution in [2.75, 3.05) is 19.6 Å². The fraction of sp³-hybridized carbons (Fsp3) is 0.591. The smallest absolute Gasteiger partial charge is 0.254 e. The fourth-order valence-corrected chi connectivity index (χ4v) is 6.29. The van der Waals surface area contributed by atoms with Crippen LogP contribution in [0.25, 0.3) is 0 Å². The molecule has 0 spiro atoms. The Morgan fingerprint density at radius 3 is 2.81 bits per heavy atom. The topological polar surface area (TPSA) is 23.6 Å². The van der Waals surface area contributed by atoms with Gasteiger partial charge in [-0.3, -0.25) is 9.69 Å². The minimum Gasteiger partial charge on any atom is -0.332 e. The molecule has 27 heavy (non-hydrogen) atoms. The normalized spacial score (nSPS) is 33.1. The monoisotopic (exact) mass is 404 g/mol. The molecular weight excluding hydrogens is 379 g/mol. The number of halogens is 2. The summed E-state index contributed by atoms with van der Waals surface area (Å²) in [5.41, 5.74) is 2.17. The summed E-state index contributed by atoms with van der Waals surface area (Å²) >= 11 is 12.2. The molecular formula is C22H26Cl2N2O. The molecule has 1 amide bonds. The van der Waals surface area contributed by atoms with E-state index in [9.17, 15) is 4.79 Å². The van der Waals surface area contributed by atoms with Gasteiger partial charge in [0.15, 0.2) is 0 Å². The first-order chi connectivity index (χ1) is 13.1. The Balaban J connectivity index is 1.46. The number of amides is 1. The summed E-state index contributed by atoms with van der Waals surface area (Å²) in [5, 5.41) is 0.948. The van der Waals surface area contributed by atoms with Crippen LogP contribution in [0.2, 0.25) is 10.0 Å². The summed E-state index contributed by atoms with van der Waals surface area (Å²) in [6, 6.07) is 6.26. The molecule has 0 saturated carbocycles. The largest absolute Gasteiger partial charge is 0.332 e. The maximum atomic E-state index is 13.3. The van der Waals surface area contributed by atoms with Crippen molar-refractivity contribution in [1.82, 2.24) is 9.80 Å². The van der Waals surface area contributed by atoms with Gasteiger partial charge in [0.25, 0.3) is 5.91 Å². The van der Waals surface area contributed by atoms with E-state index >= 15 is 0 Å². The second-order valence-corrected chi connectivity index (χ2v) is 9.45. The van der Waals surface area contributed by atoms with E-state index in [1.165, 1.54) is 37.8 Å². The van der Waals surface area contributed by atoms with E-state index in [2.05, 4.69) is 15.9 Å². The summed E-state index contributed by atoms with van der Waals surface area (Å²) in [5.74, 6) is 1.36. The summed E-state index contributed by atoms with van der Waals surface area (Å²) in [4.78, 5) is 18.2. The molecule has 3 nitrogen and oxygen atoms in total. The number of piperidine rings is 3. The van der Waals surface area contributed by atoms with Gasteiger partial charge < -0.3 is 4.90 Å². The van der Waals surface area contributed by atoms with Crippen molar-refractivity contribution < 1.29 is 4.79 Å². The van der Waals surface area contributed by atoms with Crippen molar-refractivity contribution in [2.45, 2.75) is 50.6 Å². The number of likely N-dealkylation sites (tertiary alicyclic amines) is 1. The summed E-state index contributed by atoms with van der Waals surface area (Å²) < 4.78 is 0. The Kier molecular flexibility index (Phi) is 4.74. The highest BCUT2D eigenvalue weighted by molar-refractivity contribution is 6.42. The van der Waals surface area contributed by atoms with Crippen molar-refractivity contribution >= 4 is 29.1 Å². The minimum absolute atomic E-state index is 0.100. The average molecular weight is 405 g/mol. The van der Waals surface area contributed by atoms with E-state index in [0.29, 0.717) is 27.4 Å². The second-order valence-electron chi connectivity index (χ2n) is 8.64. The lowest BCUT2D eigenvalue weighted by Gasteiger charge is -2.54. The van der Waals surface area contributed by atoms with E-state index in [4.69, 9.17) is 23.2 Å². The summed E-state index contributed by atoms with van der Waals surface area (Å²) in [6.45, 7) is 3.22. The molecule has 5 rings (SSSR count). The van der Waals surface area contributed by atoms with Crippen molar-refractivity contribution in [2.24, 2.45) is 11.8 Å². The molecule has 4 aliphatic rings. The van der Waals surface area contributed by atoms with Crippen molar-refractivity contribution in [1.29, 1.82) is 0 Å². The highest BCUT2D eigenvalue weighted by atomic mass is 35.5. The van der Waals surface area contributed by atoms with Gasteiger partial charge in [-0.25, -0.2) is 0 Å². The van der Waals surface area contributed by atoms with Gasteiger partial charge in [0.05, 0.1) is 16.1 Å². The molecule has 4 atom stereocenters. The van der Waals surface area contributed by atoms with Crippen LogP contribution in [-0.2, 0) is 0 Å². The van der Waals surface area contributed by atoms with Crippen molar-refractivity contribution in [3.63, 3.8) is 0 Å². The highest BCUT2D eigenvalue weighted by Gasteiger charge is 2.46. The summed E-state index contributed by atoms with van der Waals surface area (Å²) in [6.07, 6.45) is 10.0. The molecule has 0 radical (unpaired) electrons. The van der Waals surface area contributed by atoms with Crippen LogP contribution >= 0.6 is 23.2 Å². The van der Waals surface area contributed by atoms with Gasteiger partial charge >= 0.3 is 0 Å². The van der Waals surface area contributed by atoms with Gasteiger partial charge in [-0.2, -0.15) is 0 Å². The predicted octanol–water partition coefficient (Wildman–Crippen LogP) is 5.03. The Bertz CT molecular complexity index is 793. The molecule has 3 saturated heterocycles. The quantitative estimate of drug-likeness (QED) is 0.612. The van der Waals surface area contributed by atoms with Crippen molar-refractivity contribution in [3.8, 4) is 0 Å². The molecule has 0 N–H and O–H groups in total. The third-order valence-corrected chi connectivity index (χ3v) is 7.82. The van der Waals surface area contributed by atoms with E-state index in [0.717, 1.165) is 32.0 Å². The number of hydrogen-bond acceptors (Lipinski definition) is 2. The van der Waals surface area contributed by atoms with Crippen LogP contribution in [0.5, 0.6) is 0 Å². The van der Waals surface area contributed by atoms with Crippen LogP contribution in [0.4, 0.5) is 0 Å². The van der Waals surface area contributed by atoms with Gasteiger partial charge in [0.2, 0.25) is 0 Å². The first-order valence-electron chi connectivity index (χ1n) is 10.3. The maximum Gasteiger partial charge on any atom is 0.254 e. The highest BCUT2D eigenvalue weighted by Crippen LogP contribution is 2.45. The van der Waals surface area contributed by atoms with Crippen LogP contribution in [0.3, 0.4) is 0 Å². The fourth-order valence-electron chi connectivity index (χ4n) is 6.00. The van der Waals surface area contributed by atoms with Gasteiger partial charge in [0, 0.05) is 24.7 Å². The Morgan fingerprint density at radius 1 is 1.07 bits per heavy atom. The van der Waals surface area contributed by atoms with Crippen LogP contribution in [0, 0.1) is 11.8 Å². The molecule has 1 aromatic carbocycles. The number of nitrogens with zero attached hydrogens (tertiary/aromatic N) is 2. The van der Waals surface area contributed by atoms with E-state index in [1.54, 1.807) is 12.1 Å². The number of carbonyl (C=O) groups excluding carboxylic acids is 1. The molecule has 1 aromatic rings. The minimum atomic E-state index is 0.100. The van der Waals surface area contributed by atoms with Gasteiger partial charge in [-0.15, -0.1) is 0 Å². The van der Waals surface area contributed by atoms with Crippen LogP contribution in [0.15, 0.2) is 29.8 Å². The molecule has 3 heterocycles. The molecule has 0 unspecified atom stereocenters. The van der Waals surface area contributed by atoms with Gasteiger partial charge in [-0.1, -0.05) is 41.3 Å². The second kappa shape index (κ2) is 7.09. The molecule has 3 aliphatic heterocycles. The molecule has 2 bridgehead atoms. The molecule has 3 fully saturated rings. The Hall–Kier alpha value is -1.03. The number of hydrogen-bond donors (Lipinski definition) is 0. The average Bonchev–Trinajstić information content (AvgIpc) is 2.69. The predicted molar refractivity (Wildman–Crippen MR) is 109 cm³/mol. The molecule has 144 valence electrons. The third-order valence-electron chi connectivity index (χ3n) is 7.08. The number of rotatable bonds is 1. The SMILES string of the molecule is O=C(c1ccc(Cl)c(Cl)c1)N1CCCC2=C[C@H]3C[C@H](CN4CCCC[C@H]34)[C@@H]21. The first kappa shape index (κ1) is 18.0. The van der Waals surface area contributed by atoms with E-state index in [-0.39, 0.29) is 11.9 Å². The number of benzene rings is 1. The Morgan fingerprint density at radius 2 is 1.96 bits per heavy atom. The van der Waals surface area contributed by atoms with Crippen LogP contribution in [0.1, 0.15) is 48.9 Å². The standard InChI is InChI=1S/C22H26Cl2N2O/c23-18-7-6-15(12-19(18)24)22(27)26-9-3-4-14-10-16-11-17(21(14)26)13-25-8-2-1-5-20(16)25/h6-7,10,12,16-17,20-21H,1-5,8-9,11,13H2/t16-,17+,20+,21+/m0/s1. The maximum absolute atomic E-state index is 13.3. The molecule has 1 aliphatic carbocycles. The van der Waals surface area contributed by atoms with Gasteiger partial charge in [0.1, 0.15) is 0 Å². The van der Waals surface area contributed by atoms with Crippen molar-refractivity contribution in [3.05, 3.63) is 45.5 Å². The van der Waals surface area contributed by atoms with Crippen LogP contribution < -0.4 is 0 Å². The lowest BCUT2D eigenvalue weighted by Crippen LogP contribution is -2.60. The molecule has 0 aromatic heterocycles. The van der Waals surface area contributed by atoms with Gasteiger partial charge in [-0.05, 0) is 68.7 Å². The van der Waals surface area contributed by atoms with Crippen LogP contribution in [-0.4, -0.2) is 47.4 Å².